The summed E-state index contributed by atoms with van der Waals surface area (Å²) in [5.41, 5.74) is 7.65. The largest absolute Gasteiger partial charge is 0.321 e. The lowest BCUT2D eigenvalue weighted by molar-refractivity contribution is 0.0955. The zero-order valence-corrected chi connectivity index (χ0v) is 7.10. The summed E-state index contributed by atoms with van der Waals surface area (Å²) >= 11 is 1.41. The quantitative estimate of drug-likeness (QED) is 0.690. The van der Waals surface area contributed by atoms with E-state index in [9.17, 15) is 4.79 Å². The molecule has 0 aliphatic heterocycles. The minimum Gasteiger partial charge on any atom is -0.321 e. The number of rotatable bonds is 3. The molecule has 0 radical (unpaired) electrons. The Hall–Kier alpha value is -0.740. The van der Waals surface area contributed by atoms with Crippen LogP contribution in [-0.2, 0) is 0 Å². The number of aromatic nitrogens is 1. The Morgan fingerprint density at radius 2 is 2.64 bits per heavy atom. The smallest absolute Gasteiger partial charge is 0.198 e. The van der Waals surface area contributed by atoms with Gasteiger partial charge < -0.3 is 5.73 Å². The van der Waals surface area contributed by atoms with Crippen LogP contribution >= 0.6 is 11.3 Å². The van der Waals surface area contributed by atoms with Gasteiger partial charge in [0.25, 0.3) is 0 Å². The summed E-state index contributed by atoms with van der Waals surface area (Å²) in [5, 5.41) is 1.72. The Balaban J connectivity index is 2.70. The van der Waals surface area contributed by atoms with Gasteiger partial charge in [-0.3, -0.25) is 4.79 Å². The van der Waals surface area contributed by atoms with Crippen molar-refractivity contribution in [2.24, 2.45) is 5.73 Å². The molecule has 1 rings (SSSR count). The van der Waals surface area contributed by atoms with Crippen molar-refractivity contribution in [2.45, 2.75) is 19.4 Å². The van der Waals surface area contributed by atoms with Crippen LogP contribution in [0.4, 0.5) is 0 Å². The number of carbonyl (C=O) groups is 1. The molecule has 0 saturated carbocycles. The van der Waals surface area contributed by atoms with E-state index in [4.69, 9.17) is 5.73 Å². The SMILES string of the molecule is CC[C@@H](N)C(=O)c1cscn1. The van der Waals surface area contributed by atoms with Crippen molar-refractivity contribution in [3.05, 3.63) is 16.6 Å². The molecule has 0 aliphatic rings. The van der Waals surface area contributed by atoms with E-state index in [1.165, 1.54) is 11.3 Å². The molecule has 0 spiro atoms. The van der Waals surface area contributed by atoms with Gasteiger partial charge in [-0.1, -0.05) is 6.92 Å². The third kappa shape index (κ3) is 1.85. The molecule has 0 aliphatic carbocycles. The van der Waals surface area contributed by atoms with Gasteiger partial charge in [0.2, 0.25) is 0 Å². The molecule has 1 aromatic rings. The molecule has 0 unspecified atom stereocenters. The van der Waals surface area contributed by atoms with Crippen LogP contribution < -0.4 is 5.73 Å². The first-order chi connectivity index (χ1) is 5.25. The molecule has 2 N–H and O–H groups in total. The molecule has 0 fully saturated rings. The van der Waals surface area contributed by atoms with Gasteiger partial charge in [-0.2, -0.15) is 0 Å². The van der Waals surface area contributed by atoms with E-state index in [1.54, 1.807) is 10.9 Å². The number of nitrogens with two attached hydrogens (primary N) is 1. The highest BCUT2D eigenvalue weighted by Gasteiger charge is 2.14. The highest BCUT2D eigenvalue weighted by molar-refractivity contribution is 7.07. The number of thiazole rings is 1. The first kappa shape index (κ1) is 8.36. The van der Waals surface area contributed by atoms with Gasteiger partial charge in [-0.15, -0.1) is 11.3 Å². The summed E-state index contributed by atoms with van der Waals surface area (Å²) in [6, 6.07) is -0.392. The van der Waals surface area contributed by atoms with Crippen molar-refractivity contribution in [3.8, 4) is 0 Å². The fourth-order valence-corrected chi connectivity index (χ4v) is 1.25. The molecule has 3 nitrogen and oxygen atoms in total. The first-order valence-electron chi connectivity index (χ1n) is 3.43. The van der Waals surface area contributed by atoms with Crippen molar-refractivity contribution in [2.75, 3.05) is 0 Å². The van der Waals surface area contributed by atoms with Crippen molar-refractivity contribution in [1.82, 2.24) is 4.98 Å². The predicted octanol–water partition coefficient (Wildman–Crippen LogP) is 1.06. The Labute approximate surface area is 69.3 Å². The topological polar surface area (TPSA) is 56.0 Å². The lowest BCUT2D eigenvalue weighted by Gasteiger charge is -2.03. The maximum Gasteiger partial charge on any atom is 0.198 e. The molecule has 0 aromatic carbocycles. The van der Waals surface area contributed by atoms with Crippen LogP contribution in [0.2, 0.25) is 0 Å². The molecule has 4 heteroatoms. The van der Waals surface area contributed by atoms with E-state index in [-0.39, 0.29) is 5.78 Å². The molecule has 1 atom stereocenters. The second kappa shape index (κ2) is 3.59. The molecular formula is C7H10N2OS. The molecule has 1 heterocycles. The van der Waals surface area contributed by atoms with Gasteiger partial charge in [0, 0.05) is 5.38 Å². The monoisotopic (exact) mass is 170 g/mol. The van der Waals surface area contributed by atoms with E-state index in [1.807, 2.05) is 6.92 Å². The normalized spacial score (nSPS) is 12.9. The molecule has 11 heavy (non-hydrogen) atoms. The van der Waals surface area contributed by atoms with Gasteiger partial charge >= 0.3 is 0 Å². The zero-order valence-electron chi connectivity index (χ0n) is 6.28. The fraction of sp³-hybridized carbons (Fsp3) is 0.429. The zero-order chi connectivity index (χ0) is 8.27. The fourth-order valence-electron chi connectivity index (χ4n) is 0.710. The van der Waals surface area contributed by atoms with E-state index in [0.717, 1.165) is 0 Å². The maximum absolute atomic E-state index is 11.3. The first-order valence-corrected chi connectivity index (χ1v) is 4.38. The van der Waals surface area contributed by atoms with Crippen molar-refractivity contribution < 1.29 is 4.79 Å². The number of hydrogen-bond donors (Lipinski definition) is 1. The number of Topliss-reactive ketones (excluding diaryl/α,β-unsaturated/α-hetero) is 1. The summed E-state index contributed by atoms with van der Waals surface area (Å²) < 4.78 is 0. The summed E-state index contributed by atoms with van der Waals surface area (Å²) in [6.07, 6.45) is 0.663. The van der Waals surface area contributed by atoms with Crippen molar-refractivity contribution >= 4 is 17.1 Å². The molecular weight excluding hydrogens is 160 g/mol. The predicted molar refractivity (Wildman–Crippen MR) is 44.7 cm³/mol. The molecule has 1 aromatic heterocycles. The van der Waals surface area contributed by atoms with Gasteiger partial charge in [-0.05, 0) is 6.42 Å². The van der Waals surface area contributed by atoms with Crippen LogP contribution in [0, 0.1) is 0 Å². The van der Waals surface area contributed by atoms with Crippen LogP contribution in [0.1, 0.15) is 23.8 Å². The Morgan fingerprint density at radius 3 is 3.09 bits per heavy atom. The average Bonchev–Trinajstić information content (AvgIpc) is 2.53. The van der Waals surface area contributed by atoms with Crippen LogP contribution in [-0.4, -0.2) is 16.8 Å². The van der Waals surface area contributed by atoms with Crippen LogP contribution in [0.3, 0.4) is 0 Å². The molecule has 60 valence electrons. The molecule has 0 amide bonds. The van der Waals surface area contributed by atoms with Gasteiger partial charge in [0.15, 0.2) is 5.78 Å². The third-order valence-corrected chi connectivity index (χ3v) is 2.05. The Morgan fingerprint density at radius 1 is 1.91 bits per heavy atom. The van der Waals surface area contributed by atoms with E-state index in [2.05, 4.69) is 4.98 Å². The summed E-state index contributed by atoms with van der Waals surface area (Å²) in [4.78, 5) is 15.1. The van der Waals surface area contributed by atoms with E-state index < -0.39 is 6.04 Å². The Bertz CT molecular complexity index is 233. The van der Waals surface area contributed by atoms with Crippen LogP contribution in [0.15, 0.2) is 10.9 Å². The lowest BCUT2D eigenvalue weighted by Crippen LogP contribution is -2.29. The second-order valence-corrected chi connectivity index (χ2v) is 2.97. The number of nitrogens with zero attached hydrogens (tertiary/aromatic N) is 1. The Kier molecular flexibility index (Phi) is 2.73. The second-order valence-electron chi connectivity index (χ2n) is 2.25. The summed E-state index contributed by atoms with van der Waals surface area (Å²) in [7, 11) is 0. The summed E-state index contributed by atoms with van der Waals surface area (Å²) in [6.45, 7) is 1.88. The number of carbonyl (C=O) groups excluding carboxylic acids is 1. The highest BCUT2D eigenvalue weighted by Crippen LogP contribution is 2.04. The highest BCUT2D eigenvalue weighted by atomic mass is 32.1. The van der Waals surface area contributed by atoms with Crippen molar-refractivity contribution in [1.29, 1.82) is 0 Å². The van der Waals surface area contributed by atoms with Gasteiger partial charge in [0.05, 0.1) is 11.6 Å². The van der Waals surface area contributed by atoms with Crippen LogP contribution in [0.25, 0.3) is 0 Å². The lowest BCUT2D eigenvalue weighted by atomic mass is 10.1. The minimum atomic E-state index is -0.392. The van der Waals surface area contributed by atoms with Gasteiger partial charge in [-0.25, -0.2) is 4.98 Å². The standard InChI is InChI=1S/C7H10N2OS/c1-2-5(8)7(10)6-3-11-4-9-6/h3-5H,2,8H2,1H3/t5-/m1/s1. The third-order valence-electron chi connectivity index (χ3n) is 1.46. The van der Waals surface area contributed by atoms with Crippen molar-refractivity contribution in [3.63, 3.8) is 0 Å². The van der Waals surface area contributed by atoms with E-state index >= 15 is 0 Å². The average molecular weight is 170 g/mol. The van der Waals surface area contributed by atoms with Gasteiger partial charge in [0.1, 0.15) is 5.69 Å². The van der Waals surface area contributed by atoms with Crippen LogP contribution in [0.5, 0.6) is 0 Å². The molecule has 0 saturated heterocycles. The number of hydrogen-bond acceptors (Lipinski definition) is 4. The maximum atomic E-state index is 11.3. The van der Waals surface area contributed by atoms with E-state index in [0.29, 0.717) is 12.1 Å². The minimum absolute atomic E-state index is 0.0613. The molecule has 0 bridgehead atoms. The summed E-state index contributed by atoms with van der Waals surface area (Å²) in [5.74, 6) is -0.0613. The number of ketones is 1.